The van der Waals surface area contributed by atoms with Gasteiger partial charge in [0.2, 0.25) is 0 Å². The molecule has 0 spiro atoms. The number of oxime groups is 1. The molecule has 1 aliphatic heterocycles. The molecule has 0 saturated carbocycles. The summed E-state index contributed by atoms with van der Waals surface area (Å²) >= 11 is 1.66. The third kappa shape index (κ3) is 1.84. The van der Waals surface area contributed by atoms with E-state index in [2.05, 4.69) is 5.16 Å². The fraction of sp³-hybridized carbons (Fsp3) is 0.0714. The highest BCUT2D eigenvalue weighted by atomic mass is 32.2. The van der Waals surface area contributed by atoms with Crippen molar-refractivity contribution >= 4 is 17.5 Å². The number of para-hydroxylation sites is 1. The Bertz CT molecular complexity index is 637. The first-order valence-electron chi connectivity index (χ1n) is 5.56. The van der Waals surface area contributed by atoms with Gasteiger partial charge in [-0.25, -0.2) is 0 Å². The summed E-state index contributed by atoms with van der Waals surface area (Å²) in [6, 6.07) is 13.7. The van der Waals surface area contributed by atoms with E-state index in [-0.39, 0.29) is 0 Å². The zero-order chi connectivity index (χ0) is 12.5. The topological polar surface area (TPSA) is 41.8 Å². The molecule has 1 heterocycles. The van der Waals surface area contributed by atoms with Crippen molar-refractivity contribution in [2.75, 3.05) is 0 Å². The molecule has 0 atom stereocenters. The van der Waals surface area contributed by atoms with Gasteiger partial charge < -0.3 is 9.94 Å². The van der Waals surface area contributed by atoms with E-state index in [1.165, 1.54) is 0 Å². The van der Waals surface area contributed by atoms with Crippen LogP contribution in [0.15, 0.2) is 57.4 Å². The average Bonchev–Trinajstić information content (AvgIpc) is 2.43. The smallest absolute Gasteiger partial charge is 0.141 e. The van der Waals surface area contributed by atoms with Crippen LogP contribution < -0.4 is 4.74 Å². The molecule has 0 radical (unpaired) electrons. The lowest BCUT2D eigenvalue weighted by Gasteiger charge is -2.19. The zero-order valence-electron chi connectivity index (χ0n) is 9.75. The summed E-state index contributed by atoms with van der Waals surface area (Å²) in [4.78, 5) is 2.13. The molecule has 0 aliphatic carbocycles. The lowest BCUT2D eigenvalue weighted by Crippen LogP contribution is -1.99. The molecule has 2 aromatic rings. The second-order valence-electron chi connectivity index (χ2n) is 4.00. The van der Waals surface area contributed by atoms with Gasteiger partial charge in [-0.2, -0.15) is 0 Å². The minimum atomic E-state index is 0.595. The molecule has 1 aliphatic rings. The summed E-state index contributed by atoms with van der Waals surface area (Å²) in [5.41, 5.74) is 1.49. The van der Waals surface area contributed by atoms with E-state index >= 15 is 0 Å². The van der Waals surface area contributed by atoms with E-state index in [9.17, 15) is 0 Å². The number of benzene rings is 2. The van der Waals surface area contributed by atoms with Crippen LogP contribution in [0.2, 0.25) is 0 Å². The third-order valence-corrected chi connectivity index (χ3v) is 3.90. The van der Waals surface area contributed by atoms with Crippen molar-refractivity contribution in [2.24, 2.45) is 5.16 Å². The van der Waals surface area contributed by atoms with Gasteiger partial charge in [0.1, 0.15) is 11.5 Å². The van der Waals surface area contributed by atoms with Gasteiger partial charge in [0.25, 0.3) is 0 Å². The first-order chi connectivity index (χ1) is 8.78. The summed E-state index contributed by atoms with van der Waals surface area (Å²) in [5.74, 6) is 1.73. The molecule has 0 aromatic heterocycles. The number of hydrogen-bond donors (Lipinski definition) is 1. The van der Waals surface area contributed by atoms with Gasteiger partial charge in [-0.05, 0) is 37.3 Å². The van der Waals surface area contributed by atoms with Crippen molar-refractivity contribution < 1.29 is 9.94 Å². The van der Waals surface area contributed by atoms with Crippen LogP contribution >= 0.6 is 11.8 Å². The van der Waals surface area contributed by atoms with Crippen LogP contribution in [0.1, 0.15) is 12.5 Å². The molecule has 0 bridgehead atoms. The lowest BCUT2D eigenvalue weighted by atomic mass is 10.1. The van der Waals surface area contributed by atoms with Gasteiger partial charge in [-0.3, -0.25) is 0 Å². The Balaban J connectivity index is 2.03. The van der Waals surface area contributed by atoms with Crippen LogP contribution in [0, 0.1) is 0 Å². The highest BCUT2D eigenvalue weighted by Crippen LogP contribution is 2.46. The monoisotopic (exact) mass is 257 g/mol. The molecule has 90 valence electrons. The van der Waals surface area contributed by atoms with E-state index in [1.54, 1.807) is 18.7 Å². The van der Waals surface area contributed by atoms with Crippen LogP contribution in [-0.2, 0) is 0 Å². The number of ether oxygens (including phenoxy) is 1. The summed E-state index contributed by atoms with van der Waals surface area (Å²) in [6.07, 6.45) is 0. The predicted octanol–water partition coefficient (Wildman–Crippen LogP) is 4.14. The number of fused-ring (bicyclic) bond motifs is 2. The van der Waals surface area contributed by atoms with Crippen molar-refractivity contribution in [1.29, 1.82) is 0 Å². The van der Waals surface area contributed by atoms with E-state index < -0.39 is 0 Å². The van der Waals surface area contributed by atoms with Crippen molar-refractivity contribution in [1.82, 2.24) is 0 Å². The van der Waals surface area contributed by atoms with Gasteiger partial charge in [0.15, 0.2) is 0 Å². The fourth-order valence-electron chi connectivity index (χ4n) is 1.81. The molecule has 0 amide bonds. The van der Waals surface area contributed by atoms with Gasteiger partial charge in [0, 0.05) is 5.56 Å². The second kappa shape index (κ2) is 4.38. The molecule has 0 fully saturated rings. The van der Waals surface area contributed by atoms with Gasteiger partial charge in [-0.15, -0.1) is 0 Å². The summed E-state index contributed by atoms with van der Waals surface area (Å²) < 4.78 is 5.82. The van der Waals surface area contributed by atoms with Gasteiger partial charge >= 0.3 is 0 Å². The maximum atomic E-state index is 8.80. The SMILES string of the molecule is C/C(=N\O)c1ccc2c(c1)Sc1ccccc1O2. The molecule has 1 N–H and O–H groups in total. The molecule has 3 nitrogen and oxygen atoms in total. The van der Waals surface area contributed by atoms with Crippen molar-refractivity contribution in [3.8, 4) is 11.5 Å². The van der Waals surface area contributed by atoms with Crippen LogP contribution in [0.4, 0.5) is 0 Å². The average molecular weight is 257 g/mol. The molecule has 2 aromatic carbocycles. The highest BCUT2D eigenvalue weighted by Gasteiger charge is 2.17. The van der Waals surface area contributed by atoms with Crippen molar-refractivity contribution in [3.63, 3.8) is 0 Å². The molecule has 4 heteroatoms. The molecule has 0 unspecified atom stereocenters. The van der Waals surface area contributed by atoms with Crippen LogP contribution in [-0.4, -0.2) is 10.9 Å². The number of hydrogen-bond acceptors (Lipinski definition) is 4. The summed E-state index contributed by atoms with van der Waals surface area (Å²) in [7, 11) is 0. The van der Waals surface area contributed by atoms with Gasteiger partial charge in [-0.1, -0.05) is 29.1 Å². The quantitative estimate of drug-likeness (QED) is 0.404. The Morgan fingerprint density at radius 2 is 1.89 bits per heavy atom. The first-order valence-corrected chi connectivity index (χ1v) is 6.37. The number of nitrogens with zero attached hydrogens (tertiary/aromatic N) is 1. The summed E-state index contributed by atoms with van der Waals surface area (Å²) in [6.45, 7) is 1.77. The Morgan fingerprint density at radius 3 is 2.72 bits per heavy atom. The van der Waals surface area contributed by atoms with Crippen LogP contribution in [0.3, 0.4) is 0 Å². The van der Waals surface area contributed by atoms with Crippen molar-refractivity contribution in [3.05, 3.63) is 48.0 Å². The maximum Gasteiger partial charge on any atom is 0.141 e. The van der Waals surface area contributed by atoms with Gasteiger partial charge in [0.05, 0.1) is 15.5 Å². The maximum absolute atomic E-state index is 8.80. The molecular formula is C14H11NO2S. The molecule has 18 heavy (non-hydrogen) atoms. The predicted molar refractivity (Wildman–Crippen MR) is 71.1 cm³/mol. The fourth-order valence-corrected chi connectivity index (χ4v) is 2.80. The standard InChI is InChI=1S/C14H11NO2S/c1-9(15-16)10-6-7-12-14(8-10)18-13-5-3-2-4-11(13)17-12/h2-8,16H,1H3/b15-9+. The lowest BCUT2D eigenvalue weighted by molar-refractivity contribution is 0.319. The Kier molecular flexibility index (Phi) is 2.72. The Hall–Kier alpha value is -1.94. The second-order valence-corrected chi connectivity index (χ2v) is 5.08. The molecule has 0 saturated heterocycles. The van der Waals surface area contributed by atoms with Crippen LogP contribution in [0.25, 0.3) is 0 Å². The Morgan fingerprint density at radius 1 is 1.11 bits per heavy atom. The van der Waals surface area contributed by atoms with E-state index in [0.29, 0.717) is 5.71 Å². The van der Waals surface area contributed by atoms with E-state index in [0.717, 1.165) is 26.9 Å². The van der Waals surface area contributed by atoms with E-state index in [4.69, 9.17) is 9.94 Å². The molecule has 3 rings (SSSR count). The summed E-state index contributed by atoms with van der Waals surface area (Å²) in [5, 5.41) is 12.0. The zero-order valence-corrected chi connectivity index (χ0v) is 10.6. The minimum Gasteiger partial charge on any atom is -0.455 e. The third-order valence-electron chi connectivity index (χ3n) is 2.80. The highest BCUT2D eigenvalue weighted by molar-refractivity contribution is 7.99. The largest absolute Gasteiger partial charge is 0.455 e. The van der Waals surface area contributed by atoms with Crippen LogP contribution in [0.5, 0.6) is 11.5 Å². The minimum absolute atomic E-state index is 0.595. The number of rotatable bonds is 1. The normalized spacial score (nSPS) is 13.5. The van der Waals surface area contributed by atoms with E-state index in [1.807, 2.05) is 42.5 Å². The molecular weight excluding hydrogens is 246 g/mol. The Labute approximate surface area is 109 Å². The van der Waals surface area contributed by atoms with Crippen molar-refractivity contribution in [2.45, 2.75) is 16.7 Å². The first kappa shape index (κ1) is 11.2.